The van der Waals surface area contributed by atoms with Crippen LogP contribution in [0.25, 0.3) is 10.8 Å². The number of aromatic amines is 1. The molecule has 21 heavy (non-hydrogen) atoms. The van der Waals surface area contributed by atoms with E-state index in [1.165, 1.54) is 0 Å². The molecule has 0 saturated heterocycles. The summed E-state index contributed by atoms with van der Waals surface area (Å²) in [5.74, 6) is 0.765. The third-order valence-corrected chi connectivity index (χ3v) is 3.52. The van der Waals surface area contributed by atoms with E-state index in [2.05, 4.69) is 10.3 Å². The molecule has 0 unspecified atom stereocenters. The summed E-state index contributed by atoms with van der Waals surface area (Å²) in [7, 11) is 0. The van der Waals surface area contributed by atoms with Gasteiger partial charge in [0.15, 0.2) is 0 Å². The molecule has 0 aliphatic carbocycles. The van der Waals surface area contributed by atoms with Crippen molar-refractivity contribution in [1.82, 2.24) is 9.88 Å². The van der Waals surface area contributed by atoms with Crippen molar-refractivity contribution in [3.05, 3.63) is 40.7 Å². The number of rotatable bonds is 6. The molecule has 0 aliphatic rings. The third kappa shape index (κ3) is 3.62. The Kier molecular flexibility index (Phi) is 4.98. The minimum Gasteiger partial charge on any atom is -0.371 e. The number of fused-ring (bicyclic) bond motifs is 1. The maximum atomic E-state index is 11.9. The Morgan fingerprint density at radius 1 is 1.24 bits per heavy atom. The van der Waals surface area contributed by atoms with E-state index in [9.17, 15) is 9.59 Å². The number of hydrogen-bond donors (Lipinski definition) is 2. The Bertz CT molecular complexity index is 675. The lowest BCUT2D eigenvalue weighted by Crippen LogP contribution is -2.31. The van der Waals surface area contributed by atoms with Crippen molar-refractivity contribution in [2.45, 2.75) is 20.3 Å². The number of nitrogens with one attached hydrogen (secondary N) is 2. The molecule has 2 rings (SSSR count). The molecular weight excluding hydrogens is 266 g/mol. The van der Waals surface area contributed by atoms with Crippen LogP contribution in [0.3, 0.4) is 0 Å². The van der Waals surface area contributed by atoms with Crippen LogP contribution >= 0.6 is 0 Å². The second-order valence-electron chi connectivity index (χ2n) is 4.84. The van der Waals surface area contributed by atoms with Gasteiger partial charge in [-0.3, -0.25) is 9.59 Å². The summed E-state index contributed by atoms with van der Waals surface area (Å²) in [6.07, 6.45) is 0.413. The van der Waals surface area contributed by atoms with Crippen molar-refractivity contribution < 1.29 is 4.79 Å². The first kappa shape index (κ1) is 15.1. The zero-order valence-corrected chi connectivity index (χ0v) is 12.5. The summed E-state index contributed by atoms with van der Waals surface area (Å²) in [5, 5.41) is 4.67. The van der Waals surface area contributed by atoms with Crippen LogP contribution < -0.4 is 10.9 Å². The fraction of sp³-hybridized carbons (Fsp3) is 0.375. The monoisotopic (exact) mass is 287 g/mol. The Hall–Kier alpha value is -2.30. The number of H-pyrrole nitrogens is 1. The number of amides is 1. The lowest BCUT2D eigenvalue weighted by molar-refractivity contribution is -0.130. The first-order valence-corrected chi connectivity index (χ1v) is 7.29. The molecule has 0 bridgehead atoms. The molecule has 5 heteroatoms. The molecule has 1 amide bonds. The second kappa shape index (κ2) is 6.92. The van der Waals surface area contributed by atoms with Gasteiger partial charge in [0.05, 0.1) is 0 Å². The Morgan fingerprint density at radius 3 is 2.67 bits per heavy atom. The first-order chi connectivity index (χ1) is 10.2. The predicted molar refractivity (Wildman–Crippen MR) is 85.6 cm³/mol. The number of aromatic nitrogens is 1. The summed E-state index contributed by atoms with van der Waals surface area (Å²) in [4.78, 5) is 28.4. The number of carbonyl (C=O) groups is 1. The van der Waals surface area contributed by atoms with E-state index in [-0.39, 0.29) is 11.5 Å². The number of hydrogen-bond acceptors (Lipinski definition) is 3. The highest BCUT2D eigenvalue weighted by Gasteiger charge is 2.08. The standard InChI is InChI=1S/C16H21N3O2/c1-3-19(4-2)15(20)9-10-17-14-11-12-7-5-6-8-13(12)16(21)18-14/h5-8,11H,3-4,9-10H2,1-2H3,(H2,17,18,21). The molecule has 0 fully saturated rings. The zero-order chi connectivity index (χ0) is 15.2. The third-order valence-electron chi connectivity index (χ3n) is 3.52. The van der Waals surface area contributed by atoms with Gasteiger partial charge < -0.3 is 15.2 Å². The minimum atomic E-state index is -0.120. The van der Waals surface area contributed by atoms with Crippen molar-refractivity contribution in [2.75, 3.05) is 25.0 Å². The summed E-state index contributed by atoms with van der Waals surface area (Å²) >= 11 is 0. The van der Waals surface area contributed by atoms with Gasteiger partial charge in [-0.1, -0.05) is 18.2 Å². The number of carbonyl (C=O) groups excluding carboxylic acids is 1. The fourth-order valence-electron chi connectivity index (χ4n) is 2.34. The zero-order valence-electron chi connectivity index (χ0n) is 12.5. The second-order valence-corrected chi connectivity index (χ2v) is 4.84. The van der Waals surface area contributed by atoms with Gasteiger partial charge in [0.2, 0.25) is 5.91 Å². The Morgan fingerprint density at radius 2 is 1.95 bits per heavy atom. The van der Waals surface area contributed by atoms with Gasteiger partial charge in [0.25, 0.3) is 5.56 Å². The fourth-order valence-corrected chi connectivity index (χ4v) is 2.34. The largest absolute Gasteiger partial charge is 0.371 e. The van der Waals surface area contributed by atoms with Crippen LogP contribution in [0.5, 0.6) is 0 Å². The van der Waals surface area contributed by atoms with Gasteiger partial charge in [-0.05, 0) is 31.4 Å². The van der Waals surface area contributed by atoms with E-state index in [1.54, 1.807) is 11.0 Å². The summed E-state index contributed by atoms with van der Waals surface area (Å²) < 4.78 is 0. The van der Waals surface area contributed by atoms with Crippen molar-refractivity contribution >= 4 is 22.5 Å². The van der Waals surface area contributed by atoms with Gasteiger partial charge >= 0.3 is 0 Å². The van der Waals surface area contributed by atoms with Crippen LogP contribution in [0, 0.1) is 0 Å². The molecule has 1 heterocycles. The molecule has 2 N–H and O–H groups in total. The Labute approximate surface area is 124 Å². The van der Waals surface area contributed by atoms with Crippen molar-refractivity contribution in [3.63, 3.8) is 0 Å². The van der Waals surface area contributed by atoms with Crippen LogP contribution in [0.2, 0.25) is 0 Å². The van der Waals surface area contributed by atoms with E-state index >= 15 is 0 Å². The highest BCUT2D eigenvalue weighted by molar-refractivity contribution is 5.83. The van der Waals surface area contributed by atoms with Gasteiger partial charge in [-0.2, -0.15) is 0 Å². The van der Waals surface area contributed by atoms with E-state index in [4.69, 9.17) is 0 Å². The van der Waals surface area contributed by atoms with Crippen LogP contribution in [0.15, 0.2) is 35.1 Å². The lowest BCUT2D eigenvalue weighted by Gasteiger charge is -2.18. The molecule has 0 spiro atoms. The van der Waals surface area contributed by atoms with Crippen molar-refractivity contribution in [3.8, 4) is 0 Å². The van der Waals surface area contributed by atoms with Crippen LogP contribution in [-0.2, 0) is 4.79 Å². The van der Waals surface area contributed by atoms with Gasteiger partial charge in [-0.15, -0.1) is 0 Å². The molecule has 0 aliphatic heterocycles. The summed E-state index contributed by atoms with van der Waals surface area (Å²) in [6, 6.07) is 9.32. The van der Waals surface area contributed by atoms with Crippen LogP contribution in [-0.4, -0.2) is 35.4 Å². The van der Waals surface area contributed by atoms with E-state index < -0.39 is 0 Å². The molecule has 112 valence electrons. The molecule has 0 radical (unpaired) electrons. The average molecular weight is 287 g/mol. The maximum absolute atomic E-state index is 11.9. The van der Waals surface area contributed by atoms with Crippen molar-refractivity contribution in [1.29, 1.82) is 0 Å². The van der Waals surface area contributed by atoms with E-state index in [0.717, 1.165) is 18.5 Å². The normalized spacial score (nSPS) is 10.6. The highest BCUT2D eigenvalue weighted by Crippen LogP contribution is 2.12. The highest BCUT2D eigenvalue weighted by atomic mass is 16.2. The smallest absolute Gasteiger partial charge is 0.257 e. The van der Waals surface area contributed by atoms with Gasteiger partial charge in [0, 0.05) is 31.4 Å². The first-order valence-electron chi connectivity index (χ1n) is 7.29. The van der Waals surface area contributed by atoms with E-state index in [1.807, 2.05) is 38.1 Å². The van der Waals surface area contributed by atoms with Gasteiger partial charge in [-0.25, -0.2) is 0 Å². The lowest BCUT2D eigenvalue weighted by atomic mass is 10.2. The number of benzene rings is 1. The topological polar surface area (TPSA) is 65.2 Å². The van der Waals surface area contributed by atoms with Crippen molar-refractivity contribution in [2.24, 2.45) is 0 Å². The summed E-state index contributed by atoms with van der Waals surface area (Å²) in [5.41, 5.74) is -0.120. The minimum absolute atomic E-state index is 0.120. The molecule has 2 aromatic rings. The SMILES string of the molecule is CCN(CC)C(=O)CCNc1cc2ccccc2c(=O)[nH]1. The molecule has 1 aromatic heterocycles. The number of nitrogens with zero attached hydrogens (tertiary/aromatic N) is 1. The van der Waals surface area contributed by atoms with Crippen LogP contribution in [0.4, 0.5) is 5.82 Å². The number of pyridine rings is 1. The quantitative estimate of drug-likeness (QED) is 0.856. The molecule has 0 saturated carbocycles. The Balaban J connectivity index is 2.01. The molecule has 5 nitrogen and oxygen atoms in total. The molecular formula is C16H21N3O2. The van der Waals surface area contributed by atoms with Crippen LogP contribution in [0.1, 0.15) is 20.3 Å². The number of anilines is 1. The van der Waals surface area contributed by atoms with Gasteiger partial charge in [0.1, 0.15) is 5.82 Å². The predicted octanol–water partition coefficient (Wildman–Crippen LogP) is 2.20. The van der Waals surface area contributed by atoms with E-state index in [0.29, 0.717) is 24.2 Å². The maximum Gasteiger partial charge on any atom is 0.257 e. The average Bonchev–Trinajstić information content (AvgIpc) is 2.48. The molecule has 1 aromatic carbocycles. The summed E-state index contributed by atoms with van der Waals surface area (Å²) in [6.45, 7) is 5.89. The molecule has 0 atom stereocenters.